The first kappa shape index (κ1) is 23.4. The molecule has 0 aromatic carbocycles. The highest BCUT2D eigenvalue weighted by atomic mass is 28.4. The van der Waals surface area contributed by atoms with E-state index in [2.05, 4.69) is 67.7 Å². The molecule has 152 valence electrons. The monoisotopic (exact) mass is 401 g/mol. The van der Waals surface area contributed by atoms with E-state index in [-0.39, 0.29) is 22.2 Å². The maximum atomic E-state index is 11.9. The standard InChI is InChI=1S/C19H39NO4Si2/c1-18(2,3)25(7,8)23-13-15-11-12-16(20(15)17(21)22)14-24-26(9,10)19(4,5)6/h11-12,15-16H,13-14H2,1-10H3,(H,21,22). The van der Waals surface area contributed by atoms with Crippen molar-refractivity contribution in [3.63, 3.8) is 0 Å². The van der Waals surface area contributed by atoms with Crippen LogP contribution in [0.3, 0.4) is 0 Å². The fourth-order valence-corrected chi connectivity index (χ4v) is 4.30. The molecule has 1 N–H and O–H groups in total. The van der Waals surface area contributed by atoms with Crippen LogP contribution in [0.1, 0.15) is 41.5 Å². The third-order valence-corrected chi connectivity index (χ3v) is 15.3. The van der Waals surface area contributed by atoms with Crippen LogP contribution >= 0.6 is 0 Å². The Hall–Kier alpha value is -0.636. The van der Waals surface area contributed by atoms with E-state index in [1.165, 1.54) is 4.90 Å². The number of amides is 1. The van der Waals surface area contributed by atoms with Crippen molar-refractivity contribution in [2.75, 3.05) is 13.2 Å². The van der Waals surface area contributed by atoms with Gasteiger partial charge in [0.25, 0.3) is 0 Å². The predicted octanol–water partition coefficient (Wildman–Crippen LogP) is 5.32. The first-order valence-electron chi connectivity index (χ1n) is 9.47. The Morgan fingerprint density at radius 2 is 1.19 bits per heavy atom. The average molecular weight is 402 g/mol. The molecule has 1 aliphatic rings. The highest BCUT2D eigenvalue weighted by Gasteiger charge is 2.42. The molecule has 1 heterocycles. The lowest BCUT2D eigenvalue weighted by Gasteiger charge is -2.39. The molecule has 0 spiro atoms. The molecule has 1 aliphatic heterocycles. The Kier molecular flexibility index (Phi) is 7.00. The number of carboxylic acid groups (broad SMARTS) is 1. The zero-order valence-corrected chi connectivity index (χ0v) is 20.3. The topological polar surface area (TPSA) is 59.0 Å². The lowest BCUT2D eigenvalue weighted by Crippen LogP contribution is -2.50. The van der Waals surface area contributed by atoms with Crippen LogP contribution < -0.4 is 0 Å². The van der Waals surface area contributed by atoms with E-state index >= 15 is 0 Å². The second-order valence-corrected chi connectivity index (χ2v) is 20.0. The smallest absolute Gasteiger partial charge is 0.408 e. The quantitative estimate of drug-likeness (QED) is 0.483. The summed E-state index contributed by atoms with van der Waals surface area (Å²) in [4.78, 5) is 13.3. The predicted molar refractivity (Wildman–Crippen MR) is 113 cm³/mol. The number of nitrogens with zero attached hydrogens (tertiary/aromatic N) is 1. The third kappa shape index (κ3) is 5.44. The molecule has 0 saturated carbocycles. The van der Waals surface area contributed by atoms with Crippen molar-refractivity contribution in [3.8, 4) is 0 Å². The van der Waals surface area contributed by atoms with E-state index < -0.39 is 22.7 Å². The van der Waals surface area contributed by atoms with Crippen molar-refractivity contribution in [3.05, 3.63) is 12.2 Å². The van der Waals surface area contributed by atoms with E-state index in [1.807, 2.05) is 12.2 Å². The van der Waals surface area contributed by atoms with E-state index in [0.717, 1.165) is 0 Å². The minimum atomic E-state index is -1.91. The Bertz CT molecular complexity index is 493. The summed E-state index contributed by atoms with van der Waals surface area (Å²) in [7, 11) is -3.82. The molecule has 0 fully saturated rings. The van der Waals surface area contributed by atoms with Crippen molar-refractivity contribution < 1.29 is 18.8 Å². The largest absolute Gasteiger partial charge is 0.465 e. The summed E-state index contributed by atoms with van der Waals surface area (Å²) in [5.74, 6) is 0. The van der Waals surface area contributed by atoms with Gasteiger partial charge in [-0.2, -0.15) is 0 Å². The fraction of sp³-hybridized carbons (Fsp3) is 0.842. The molecule has 0 radical (unpaired) electrons. The van der Waals surface area contributed by atoms with E-state index in [0.29, 0.717) is 13.2 Å². The maximum absolute atomic E-state index is 11.9. The van der Waals surface area contributed by atoms with Crippen molar-refractivity contribution in [2.24, 2.45) is 0 Å². The zero-order valence-electron chi connectivity index (χ0n) is 18.3. The van der Waals surface area contributed by atoms with Crippen molar-refractivity contribution in [1.82, 2.24) is 4.90 Å². The van der Waals surface area contributed by atoms with Crippen molar-refractivity contribution in [2.45, 2.75) is 89.9 Å². The van der Waals surface area contributed by atoms with Crippen molar-refractivity contribution in [1.29, 1.82) is 0 Å². The highest BCUT2D eigenvalue weighted by molar-refractivity contribution is 6.74. The van der Waals surface area contributed by atoms with Crippen LogP contribution in [0.25, 0.3) is 0 Å². The molecular weight excluding hydrogens is 362 g/mol. The second-order valence-electron chi connectivity index (χ2n) is 10.4. The molecule has 0 aromatic heterocycles. The second kappa shape index (κ2) is 7.77. The normalized spacial score (nSPS) is 22.2. The van der Waals surface area contributed by atoms with Crippen LogP contribution in [0.5, 0.6) is 0 Å². The first-order chi connectivity index (χ1) is 11.5. The van der Waals surface area contributed by atoms with Gasteiger partial charge in [-0.1, -0.05) is 53.7 Å². The lowest BCUT2D eigenvalue weighted by atomic mass is 10.2. The van der Waals surface area contributed by atoms with Crippen LogP contribution in [0.4, 0.5) is 4.79 Å². The number of rotatable bonds is 6. The molecular formula is C19H39NO4Si2. The first-order valence-corrected chi connectivity index (χ1v) is 15.3. The van der Waals surface area contributed by atoms with Gasteiger partial charge in [-0.25, -0.2) is 4.79 Å². The lowest BCUT2D eigenvalue weighted by molar-refractivity contribution is 0.0921. The van der Waals surface area contributed by atoms with Crippen LogP contribution in [-0.4, -0.2) is 58.0 Å². The van der Waals surface area contributed by atoms with Gasteiger partial charge in [-0.05, 0) is 36.3 Å². The zero-order chi connectivity index (χ0) is 20.6. The number of hydrogen-bond acceptors (Lipinski definition) is 3. The summed E-state index contributed by atoms with van der Waals surface area (Å²) in [5, 5.41) is 9.94. The number of carbonyl (C=O) groups is 1. The Morgan fingerprint density at radius 1 is 0.885 bits per heavy atom. The summed E-state index contributed by atoms with van der Waals surface area (Å²) in [5.41, 5.74) is 0. The summed E-state index contributed by atoms with van der Waals surface area (Å²) >= 11 is 0. The average Bonchev–Trinajstić information content (AvgIpc) is 2.83. The minimum absolute atomic E-state index is 0.105. The van der Waals surface area contributed by atoms with E-state index in [1.54, 1.807) is 0 Å². The number of hydrogen-bond donors (Lipinski definition) is 1. The van der Waals surface area contributed by atoms with Crippen LogP contribution in [0.15, 0.2) is 12.2 Å². The van der Waals surface area contributed by atoms with Gasteiger partial charge in [0.15, 0.2) is 16.6 Å². The molecule has 2 atom stereocenters. The highest BCUT2D eigenvalue weighted by Crippen LogP contribution is 2.38. The van der Waals surface area contributed by atoms with Gasteiger partial charge in [0.05, 0.1) is 25.3 Å². The van der Waals surface area contributed by atoms with Gasteiger partial charge in [0.1, 0.15) is 0 Å². The van der Waals surface area contributed by atoms with Gasteiger partial charge in [-0.3, -0.25) is 4.90 Å². The Morgan fingerprint density at radius 3 is 1.42 bits per heavy atom. The Balaban J connectivity index is 2.77. The molecule has 0 bridgehead atoms. The molecule has 26 heavy (non-hydrogen) atoms. The van der Waals surface area contributed by atoms with Gasteiger partial charge in [0, 0.05) is 0 Å². The third-order valence-electron chi connectivity index (χ3n) is 6.33. The van der Waals surface area contributed by atoms with Gasteiger partial charge in [0.2, 0.25) is 0 Å². The molecule has 0 aromatic rings. The molecule has 7 heteroatoms. The summed E-state index contributed by atoms with van der Waals surface area (Å²) in [6.07, 6.45) is 3.00. The van der Waals surface area contributed by atoms with Crippen LogP contribution in [-0.2, 0) is 8.85 Å². The van der Waals surface area contributed by atoms with Gasteiger partial charge < -0.3 is 14.0 Å². The fourth-order valence-electron chi connectivity index (χ4n) is 2.26. The SMILES string of the molecule is CC(C)(C)[Si](C)(C)OCC1C=CC(CO[Si](C)(C)C(C)(C)C)N1C(=O)O. The Labute approximate surface area is 162 Å². The molecule has 1 amide bonds. The van der Waals surface area contributed by atoms with E-state index in [4.69, 9.17) is 8.85 Å². The van der Waals surface area contributed by atoms with Gasteiger partial charge >= 0.3 is 6.09 Å². The maximum Gasteiger partial charge on any atom is 0.408 e. The molecule has 2 unspecified atom stereocenters. The summed E-state index contributed by atoms with van der Waals surface area (Å²) in [6, 6.07) is -0.482. The van der Waals surface area contributed by atoms with E-state index in [9.17, 15) is 9.90 Å². The summed E-state index contributed by atoms with van der Waals surface area (Å²) in [6.45, 7) is 22.7. The molecule has 1 rings (SSSR count). The van der Waals surface area contributed by atoms with Gasteiger partial charge in [-0.15, -0.1) is 0 Å². The molecule has 5 nitrogen and oxygen atoms in total. The van der Waals surface area contributed by atoms with Crippen LogP contribution in [0.2, 0.25) is 36.3 Å². The summed E-state index contributed by atoms with van der Waals surface area (Å²) < 4.78 is 12.5. The van der Waals surface area contributed by atoms with Crippen LogP contribution in [0, 0.1) is 0 Å². The minimum Gasteiger partial charge on any atom is -0.465 e. The molecule has 0 saturated heterocycles. The van der Waals surface area contributed by atoms with Crippen molar-refractivity contribution >= 4 is 22.7 Å². The molecule has 0 aliphatic carbocycles.